The highest BCUT2D eigenvalue weighted by Gasteiger charge is 2.16. The molecule has 34 heavy (non-hydrogen) atoms. The first kappa shape index (κ1) is 27.4. The summed E-state index contributed by atoms with van der Waals surface area (Å²) in [4.78, 5) is 35.8. The van der Waals surface area contributed by atoms with Crippen LogP contribution in [0.15, 0.2) is 39.9 Å². The minimum atomic E-state index is -0.879. The second-order valence-electron chi connectivity index (χ2n) is 6.98. The maximum atomic E-state index is 12.2. The zero-order valence-corrected chi connectivity index (χ0v) is 21.7. The van der Waals surface area contributed by atoms with E-state index in [0.29, 0.717) is 43.7 Å². The number of rotatable bonds is 9. The lowest BCUT2D eigenvalue weighted by Gasteiger charge is -2.13. The second kappa shape index (κ2) is 13.2. The van der Waals surface area contributed by atoms with E-state index in [1.807, 2.05) is 6.92 Å². The van der Waals surface area contributed by atoms with Gasteiger partial charge in [-0.15, -0.1) is 0 Å². The Hall–Kier alpha value is -2.82. The molecule has 3 N–H and O–H groups in total. The smallest absolute Gasteiger partial charge is 0.329 e. The number of halogens is 3. The number of carbonyl (C=O) groups excluding carboxylic acids is 3. The summed E-state index contributed by atoms with van der Waals surface area (Å²) in [5.41, 5.74) is 3.18. The summed E-state index contributed by atoms with van der Waals surface area (Å²) in [6.07, 6.45) is 2.03. The number of carbonyl (C=O) groups is 3. The lowest BCUT2D eigenvalue weighted by atomic mass is 10.2. The molecule has 0 bridgehead atoms. The van der Waals surface area contributed by atoms with Crippen molar-refractivity contribution in [2.45, 2.75) is 26.3 Å². The molecule has 0 fully saturated rings. The van der Waals surface area contributed by atoms with Crippen molar-refractivity contribution in [2.75, 3.05) is 19.0 Å². The molecule has 12 heteroatoms. The number of hydrazone groups is 1. The van der Waals surface area contributed by atoms with Crippen LogP contribution in [0.1, 0.15) is 25.8 Å². The highest BCUT2D eigenvalue weighted by atomic mass is 79.9. The summed E-state index contributed by atoms with van der Waals surface area (Å²) in [7, 11) is 1.44. The lowest BCUT2D eigenvalue weighted by Crippen LogP contribution is -2.41. The van der Waals surface area contributed by atoms with Crippen molar-refractivity contribution < 1.29 is 23.9 Å². The van der Waals surface area contributed by atoms with Gasteiger partial charge in [-0.2, -0.15) is 5.10 Å². The summed E-state index contributed by atoms with van der Waals surface area (Å²) < 4.78 is 11.4. The maximum absolute atomic E-state index is 12.2. The third-order valence-electron chi connectivity index (χ3n) is 4.38. The molecule has 9 nitrogen and oxygen atoms in total. The average molecular weight is 574 g/mol. The number of hydrogen-bond donors (Lipinski definition) is 3. The van der Waals surface area contributed by atoms with E-state index in [-0.39, 0.29) is 12.6 Å². The zero-order chi connectivity index (χ0) is 25.3. The van der Waals surface area contributed by atoms with E-state index in [1.54, 1.807) is 31.2 Å². The van der Waals surface area contributed by atoms with Gasteiger partial charge in [0.1, 0.15) is 0 Å². The minimum Gasteiger partial charge on any atom is -0.493 e. The number of nitrogens with zero attached hydrogens (tertiary/aromatic N) is 1. The lowest BCUT2D eigenvalue weighted by molar-refractivity contribution is -0.139. The quantitative estimate of drug-likeness (QED) is 0.237. The molecule has 0 saturated heterocycles. The van der Waals surface area contributed by atoms with Crippen molar-refractivity contribution in [3.63, 3.8) is 0 Å². The summed E-state index contributed by atoms with van der Waals surface area (Å²) in [6, 6.07) is 7.82. The molecule has 1 atom stereocenters. The van der Waals surface area contributed by atoms with Gasteiger partial charge in [0.25, 0.3) is 5.91 Å². The molecule has 0 aliphatic carbocycles. The molecule has 182 valence electrons. The molecule has 0 radical (unpaired) electrons. The van der Waals surface area contributed by atoms with Crippen LogP contribution in [0.5, 0.6) is 11.5 Å². The predicted molar refractivity (Wildman–Crippen MR) is 135 cm³/mol. The third-order valence-corrected chi connectivity index (χ3v) is 5.71. The van der Waals surface area contributed by atoms with Gasteiger partial charge in [-0.1, -0.05) is 30.1 Å². The van der Waals surface area contributed by atoms with Gasteiger partial charge in [0.05, 0.1) is 27.8 Å². The minimum absolute atomic E-state index is 0.124. The average Bonchev–Trinajstić information content (AvgIpc) is 2.80. The van der Waals surface area contributed by atoms with Gasteiger partial charge in [-0.3, -0.25) is 14.4 Å². The van der Waals surface area contributed by atoms with Crippen molar-refractivity contribution in [2.24, 2.45) is 5.10 Å². The van der Waals surface area contributed by atoms with Crippen LogP contribution in [0.2, 0.25) is 10.0 Å². The Balaban J connectivity index is 2.00. The van der Waals surface area contributed by atoms with Crippen LogP contribution in [-0.4, -0.2) is 43.7 Å². The van der Waals surface area contributed by atoms with Crippen molar-refractivity contribution in [1.29, 1.82) is 0 Å². The first-order valence-corrected chi connectivity index (χ1v) is 11.6. The summed E-state index contributed by atoms with van der Waals surface area (Å²) >= 11 is 15.2. The number of hydrogen-bond acceptors (Lipinski definition) is 6. The van der Waals surface area contributed by atoms with E-state index in [1.165, 1.54) is 19.4 Å². The van der Waals surface area contributed by atoms with Crippen molar-refractivity contribution in [3.8, 4) is 11.5 Å². The largest absolute Gasteiger partial charge is 0.493 e. The van der Waals surface area contributed by atoms with Crippen LogP contribution in [-0.2, 0) is 14.4 Å². The summed E-state index contributed by atoms with van der Waals surface area (Å²) in [5, 5.41) is 9.68. The second-order valence-corrected chi connectivity index (χ2v) is 8.65. The molecule has 0 aliphatic heterocycles. The number of methoxy groups -OCH3 is 1. The first-order valence-electron chi connectivity index (χ1n) is 10.0. The summed E-state index contributed by atoms with van der Waals surface area (Å²) in [5.74, 6) is -1.46. The Bertz CT molecular complexity index is 1100. The number of anilines is 1. The van der Waals surface area contributed by atoms with E-state index in [2.05, 4.69) is 37.1 Å². The van der Waals surface area contributed by atoms with Crippen molar-refractivity contribution in [1.82, 2.24) is 10.7 Å². The molecule has 0 heterocycles. The number of benzene rings is 2. The summed E-state index contributed by atoms with van der Waals surface area (Å²) in [6.45, 7) is 3.38. The molecular weight excluding hydrogens is 551 g/mol. The molecule has 0 spiro atoms. The van der Waals surface area contributed by atoms with Gasteiger partial charge in [0, 0.05) is 11.7 Å². The van der Waals surface area contributed by atoms with Gasteiger partial charge in [0.15, 0.2) is 18.1 Å². The number of nitrogens with one attached hydrogen (secondary N) is 3. The fourth-order valence-electron chi connectivity index (χ4n) is 2.47. The Labute approximate surface area is 215 Å². The fraction of sp³-hybridized carbons (Fsp3) is 0.273. The molecule has 0 aliphatic rings. The van der Waals surface area contributed by atoms with E-state index in [0.717, 1.165) is 0 Å². The Morgan fingerprint density at radius 1 is 1.15 bits per heavy atom. The van der Waals surface area contributed by atoms with E-state index >= 15 is 0 Å². The highest BCUT2D eigenvalue weighted by molar-refractivity contribution is 9.10. The first-order chi connectivity index (χ1) is 16.1. The SMILES string of the molecule is CC[C@@H](C)NC(=O)C(=O)N/N=C\c1cc(Br)c(OCC(=O)Nc2ccc(Cl)c(Cl)c2)c(OC)c1. The Kier molecular flexibility index (Phi) is 10.6. The number of ether oxygens (including phenoxy) is 2. The fourth-order valence-corrected chi connectivity index (χ4v) is 3.34. The van der Waals surface area contributed by atoms with E-state index < -0.39 is 17.7 Å². The normalized spacial score (nSPS) is 11.6. The van der Waals surface area contributed by atoms with Gasteiger partial charge in [0.2, 0.25) is 0 Å². The van der Waals surface area contributed by atoms with Crippen molar-refractivity contribution in [3.05, 3.63) is 50.4 Å². The molecular formula is C22H23BrCl2N4O5. The van der Waals surface area contributed by atoms with Crippen LogP contribution in [0, 0.1) is 0 Å². The predicted octanol–water partition coefficient (Wildman–Crippen LogP) is 4.15. The van der Waals surface area contributed by atoms with Gasteiger partial charge < -0.3 is 20.1 Å². The molecule has 2 aromatic rings. The third kappa shape index (κ3) is 8.19. The van der Waals surface area contributed by atoms with E-state index in [9.17, 15) is 14.4 Å². The Morgan fingerprint density at radius 3 is 2.53 bits per heavy atom. The highest BCUT2D eigenvalue weighted by Crippen LogP contribution is 2.36. The topological polar surface area (TPSA) is 118 Å². The van der Waals surface area contributed by atoms with Gasteiger partial charge in [-0.25, -0.2) is 5.43 Å². The van der Waals surface area contributed by atoms with Crippen LogP contribution in [0.3, 0.4) is 0 Å². The maximum Gasteiger partial charge on any atom is 0.329 e. The van der Waals surface area contributed by atoms with Crippen LogP contribution >= 0.6 is 39.1 Å². The molecule has 2 aromatic carbocycles. The van der Waals surface area contributed by atoms with Crippen LogP contribution in [0.25, 0.3) is 0 Å². The molecule has 0 aromatic heterocycles. The Morgan fingerprint density at radius 2 is 1.88 bits per heavy atom. The molecule has 3 amide bonds. The number of amides is 3. The molecule has 2 rings (SSSR count). The molecule has 0 saturated carbocycles. The van der Waals surface area contributed by atoms with Crippen molar-refractivity contribution >= 4 is 68.8 Å². The van der Waals surface area contributed by atoms with E-state index in [4.69, 9.17) is 32.7 Å². The van der Waals surface area contributed by atoms with Crippen LogP contribution in [0.4, 0.5) is 5.69 Å². The molecule has 0 unspecified atom stereocenters. The monoisotopic (exact) mass is 572 g/mol. The van der Waals surface area contributed by atoms with Crippen LogP contribution < -0.4 is 25.5 Å². The van der Waals surface area contributed by atoms with Gasteiger partial charge in [-0.05, 0) is 65.2 Å². The standard InChI is InChI=1S/C22H23BrCl2N4O5/c1-4-12(2)27-21(31)22(32)29-26-10-13-7-15(23)20(18(8-13)33-3)34-11-19(30)28-14-5-6-16(24)17(25)9-14/h5-10,12H,4,11H2,1-3H3,(H,27,31)(H,28,30)(H,29,32)/b26-10-/t12-/m1/s1. The zero-order valence-electron chi connectivity index (χ0n) is 18.6. The van der Waals surface area contributed by atoms with Gasteiger partial charge >= 0.3 is 11.8 Å².